The summed E-state index contributed by atoms with van der Waals surface area (Å²) in [7, 11) is -3.48. The monoisotopic (exact) mass is 269 g/mol. The number of carbonyl (C=O) groups is 1. The van der Waals surface area contributed by atoms with Crippen LogP contribution in [0.2, 0.25) is 0 Å². The number of ether oxygens (including phenoxy) is 1. The van der Waals surface area contributed by atoms with Crippen molar-refractivity contribution in [1.29, 1.82) is 0 Å². The normalized spacial score (nSPS) is 20.4. The van der Waals surface area contributed by atoms with Crippen LogP contribution in [-0.4, -0.2) is 21.0 Å². The minimum absolute atomic E-state index is 0.0241. The van der Waals surface area contributed by atoms with Gasteiger partial charge in [-0.3, -0.25) is 4.79 Å². The SMILES string of the molecule is CCCOC(=O)CC1NS(=O)(=O)c2ccccc21. The van der Waals surface area contributed by atoms with Gasteiger partial charge in [0.25, 0.3) is 0 Å². The molecule has 0 aliphatic carbocycles. The van der Waals surface area contributed by atoms with E-state index in [-0.39, 0.29) is 17.3 Å². The van der Waals surface area contributed by atoms with Crippen LogP contribution in [0.5, 0.6) is 0 Å². The fourth-order valence-corrected chi connectivity index (χ4v) is 3.41. The number of sulfonamides is 1. The molecule has 2 rings (SSSR count). The van der Waals surface area contributed by atoms with Crippen LogP contribution in [0.4, 0.5) is 0 Å². The average Bonchev–Trinajstić information content (AvgIpc) is 2.59. The molecule has 0 amide bonds. The highest BCUT2D eigenvalue weighted by Crippen LogP contribution is 2.32. The molecule has 1 N–H and O–H groups in total. The molecule has 1 atom stereocenters. The lowest BCUT2D eigenvalue weighted by Gasteiger charge is -2.09. The summed E-state index contributed by atoms with van der Waals surface area (Å²) in [6.45, 7) is 2.26. The van der Waals surface area contributed by atoms with Crippen molar-refractivity contribution in [2.75, 3.05) is 6.61 Å². The number of rotatable bonds is 4. The minimum Gasteiger partial charge on any atom is -0.466 e. The molecule has 6 heteroatoms. The molecule has 1 heterocycles. The lowest BCUT2D eigenvalue weighted by atomic mass is 10.1. The van der Waals surface area contributed by atoms with Crippen LogP contribution in [-0.2, 0) is 19.6 Å². The zero-order chi connectivity index (χ0) is 13.2. The maximum atomic E-state index is 11.8. The standard InChI is InChI=1S/C12H15NO4S/c1-2-7-17-12(14)8-10-9-5-3-4-6-11(9)18(15,16)13-10/h3-6,10,13H,2,7-8H2,1H3. The third-order valence-electron chi connectivity index (χ3n) is 2.72. The van der Waals surface area contributed by atoms with Crippen molar-refractivity contribution in [3.63, 3.8) is 0 Å². The third-order valence-corrected chi connectivity index (χ3v) is 4.26. The first-order valence-electron chi connectivity index (χ1n) is 5.81. The molecule has 0 radical (unpaired) electrons. The van der Waals surface area contributed by atoms with Gasteiger partial charge < -0.3 is 4.74 Å². The second-order valence-electron chi connectivity index (χ2n) is 4.14. The first-order valence-corrected chi connectivity index (χ1v) is 7.30. The summed E-state index contributed by atoms with van der Waals surface area (Å²) >= 11 is 0. The van der Waals surface area contributed by atoms with Gasteiger partial charge in [0.1, 0.15) is 0 Å². The number of hydrogen-bond acceptors (Lipinski definition) is 4. The van der Waals surface area contributed by atoms with Crippen LogP contribution >= 0.6 is 0 Å². The maximum absolute atomic E-state index is 11.8. The van der Waals surface area contributed by atoms with E-state index >= 15 is 0 Å². The van der Waals surface area contributed by atoms with Crippen LogP contribution in [0, 0.1) is 0 Å². The molecule has 0 spiro atoms. The maximum Gasteiger partial charge on any atom is 0.307 e. The highest BCUT2D eigenvalue weighted by atomic mass is 32.2. The topological polar surface area (TPSA) is 72.5 Å². The lowest BCUT2D eigenvalue weighted by molar-refractivity contribution is -0.144. The molecule has 1 aromatic rings. The molecule has 98 valence electrons. The van der Waals surface area contributed by atoms with Gasteiger partial charge >= 0.3 is 5.97 Å². The Labute approximate surface area is 106 Å². The molecule has 1 aromatic carbocycles. The molecule has 0 fully saturated rings. The third kappa shape index (κ3) is 2.54. The average molecular weight is 269 g/mol. The van der Waals surface area contributed by atoms with Crippen LogP contribution in [0.25, 0.3) is 0 Å². The van der Waals surface area contributed by atoms with Crippen molar-refractivity contribution in [1.82, 2.24) is 4.72 Å². The van der Waals surface area contributed by atoms with Crippen molar-refractivity contribution >= 4 is 16.0 Å². The van der Waals surface area contributed by atoms with Crippen LogP contribution in [0.15, 0.2) is 29.2 Å². The number of nitrogens with one attached hydrogen (secondary N) is 1. The van der Waals surface area contributed by atoms with E-state index < -0.39 is 16.1 Å². The Morgan fingerprint density at radius 3 is 2.83 bits per heavy atom. The van der Waals surface area contributed by atoms with Crippen LogP contribution in [0.3, 0.4) is 0 Å². The summed E-state index contributed by atoms with van der Waals surface area (Å²) in [6.07, 6.45) is 0.773. The van der Waals surface area contributed by atoms with Crippen molar-refractivity contribution in [2.24, 2.45) is 0 Å². The smallest absolute Gasteiger partial charge is 0.307 e. The Bertz CT molecular complexity index is 553. The molecule has 0 saturated carbocycles. The van der Waals surface area contributed by atoms with Gasteiger partial charge in [0.15, 0.2) is 0 Å². The van der Waals surface area contributed by atoms with Gasteiger partial charge in [0, 0.05) is 0 Å². The van der Waals surface area contributed by atoms with Gasteiger partial charge in [-0.1, -0.05) is 25.1 Å². The predicted molar refractivity (Wildman–Crippen MR) is 65.4 cm³/mol. The lowest BCUT2D eigenvalue weighted by Crippen LogP contribution is -2.23. The molecule has 5 nitrogen and oxygen atoms in total. The fraction of sp³-hybridized carbons (Fsp3) is 0.417. The second-order valence-corrected chi connectivity index (χ2v) is 5.82. The van der Waals surface area contributed by atoms with Crippen LogP contribution < -0.4 is 4.72 Å². The van der Waals surface area contributed by atoms with Gasteiger partial charge in [-0.2, -0.15) is 0 Å². The summed E-state index contributed by atoms with van der Waals surface area (Å²) in [4.78, 5) is 11.8. The molecule has 18 heavy (non-hydrogen) atoms. The van der Waals surface area contributed by atoms with Gasteiger partial charge in [0.05, 0.1) is 24.0 Å². The molecule has 1 aliphatic rings. The summed E-state index contributed by atoms with van der Waals surface area (Å²) < 4.78 is 31.0. The van der Waals surface area contributed by atoms with Gasteiger partial charge in [-0.25, -0.2) is 13.1 Å². The van der Waals surface area contributed by atoms with Crippen molar-refractivity contribution in [2.45, 2.75) is 30.7 Å². The molecular weight excluding hydrogens is 254 g/mol. The van der Waals surface area contributed by atoms with Gasteiger partial charge in [-0.15, -0.1) is 0 Å². The fourth-order valence-electron chi connectivity index (χ4n) is 1.92. The van der Waals surface area contributed by atoms with Gasteiger partial charge in [-0.05, 0) is 18.1 Å². The quantitative estimate of drug-likeness (QED) is 0.838. The largest absolute Gasteiger partial charge is 0.466 e. The highest BCUT2D eigenvalue weighted by molar-refractivity contribution is 7.89. The summed E-state index contributed by atoms with van der Waals surface area (Å²) in [5.74, 6) is -0.388. The molecule has 0 saturated heterocycles. The molecular formula is C12H15NO4S. The first-order chi connectivity index (χ1) is 8.54. The Balaban J connectivity index is 2.16. The Kier molecular flexibility index (Phi) is 3.68. The van der Waals surface area contributed by atoms with Gasteiger partial charge in [0.2, 0.25) is 10.0 Å². The van der Waals surface area contributed by atoms with E-state index in [2.05, 4.69) is 4.72 Å². The summed E-state index contributed by atoms with van der Waals surface area (Å²) in [5.41, 5.74) is 0.631. The Hall–Kier alpha value is -1.40. The Morgan fingerprint density at radius 2 is 2.11 bits per heavy atom. The van der Waals surface area contributed by atoms with Crippen LogP contribution in [0.1, 0.15) is 31.4 Å². The Morgan fingerprint density at radius 1 is 1.39 bits per heavy atom. The van der Waals surface area contributed by atoms with Crippen molar-refractivity contribution < 1.29 is 17.9 Å². The van der Waals surface area contributed by atoms with E-state index in [0.29, 0.717) is 12.2 Å². The number of esters is 1. The van der Waals surface area contributed by atoms with Crippen molar-refractivity contribution in [3.8, 4) is 0 Å². The van der Waals surface area contributed by atoms with E-state index in [0.717, 1.165) is 6.42 Å². The van der Waals surface area contributed by atoms with Crippen molar-refractivity contribution in [3.05, 3.63) is 29.8 Å². The minimum atomic E-state index is -3.48. The summed E-state index contributed by atoms with van der Waals surface area (Å²) in [6, 6.07) is 6.15. The highest BCUT2D eigenvalue weighted by Gasteiger charge is 2.34. The van der Waals surface area contributed by atoms with E-state index in [1.807, 2.05) is 6.92 Å². The first kappa shape index (κ1) is 13.0. The zero-order valence-electron chi connectivity index (χ0n) is 10.0. The number of carbonyl (C=O) groups excluding carboxylic acids is 1. The second kappa shape index (κ2) is 5.07. The molecule has 1 aliphatic heterocycles. The summed E-state index contributed by atoms with van der Waals surface area (Å²) in [5, 5.41) is 0. The number of benzene rings is 1. The van der Waals surface area contributed by atoms with E-state index in [1.165, 1.54) is 6.07 Å². The zero-order valence-corrected chi connectivity index (χ0v) is 10.9. The van der Waals surface area contributed by atoms with E-state index in [4.69, 9.17) is 4.74 Å². The predicted octanol–water partition coefficient (Wildman–Crippen LogP) is 1.36. The van der Waals surface area contributed by atoms with E-state index in [9.17, 15) is 13.2 Å². The number of hydrogen-bond donors (Lipinski definition) is 1. The molecule has 0 aromatic heterocycles. The number of fused-ring (bicyclic) bond motifs is 1. The van der Waals surface area contributed by atoms with E-state index in [1.54, 1.807) is 18.2 Å². The molecule has 1 unspecified atom stereocenters. The molecule has 0 bridgehead atoms.